The minimum atomic E-state index is -0.643. The van der Waals surface area contributed by atoms with Gasteiger partial charge in [-0.2, -0.15) is 0 Å². The van der Waals surface area contributed by atoms with Crippen LogP contribution in [0, 0.1) is 5.82 Å². The topological polar surface area (TPSA) is 65.9 Å². The van der Waals surface area contributed by atoms with Crippen LogP contribution in [-0.2, 0) is 4.79 Å². The minimum Gasteiger partial charge on any atom is -0.507 e. The Labute approximate surface area is 183 Å². The van der Waals surface area contributed by atoms with Crippen LogP contribution >= 0.6 is 11.6 Å². The van der Waals surface area contributed by atoms with Gasteiger partial charge in [0.25, 0.3) is 0 Å². The molecule has 158 valence electrons. The first-order valence-electron chi connectivity index (χ1n) is 9.86. The lowest BCUT2D eigenvalue weighted by Crippen LogP contribution is -2.59. The van der Waals surface area contributed by atoms with Crippen LogP contribution in [0.15, 0.2) is 55.3 Å². The van der Waals surface area contributed by atoms with E-state index >= 15 is 0 Å². The van der Waals surface area contributed by atoms with Crippen molar-refractivity contribution in [3.8, 4) is 11.5 Å². The number of aromatic hydroxyl groups is 1. The van der Waals surface area contributed by atoms with E-state index in [1.807, 2.05) is 11.0 Å². The van der Waals surface area contributed by atoms with Crippen molar-refractivity contribution in [2.75, 3.05) is 24.6 Å². The fourth-order valence-electron chi connectivity index (χ4n) is 4.52. The molecule has 1 fully saturated rings. The molecule has 1 saturated heterocycles. The highest BCUT2D eigenvalue weighted by Crippen LogP contribution is 2.47. The van der Waals surface area contributed by atoms with Crippen molar-refractivity contribution >= 4 is 34.1 Å². The van der Waals surface area contributed by atoms with E-state index in [2.05, 4.69) is 11.6 Å². The molecule has 0 radical (unpaired) electrons. The van der Waals surface area contributed by atoms with Crippen LogP contribution in [0.2, 0.25) is 5.02 Å². The Morgan fingerprint density at radius 3 is 2.94 bits per heavy atom. The first kappa shape index (κ1) is 19.6. The normalized spacial score (nSPS) is 20.1. The molecule has 31 heavy (non-hydrogen) atoms. The maximum atomic E-state index is 15.0. The van der Waals surface area contributed by atoms with E-state index in [4.69, 9.17) is 16.3 Å². The van der Waals surface area contributed by atoms with E-state index in [9.17, 15) is 14.3 Å². The zero-order valence-corrected chi connectivity index (χ0v) is 17.2. The number of benzene rings is 2. The largest absolute Gasteiger partial charge is 0.507 e. The smallest absolute Gasteiger partial charge is 0.246 e. The zero-order valence-electron chi connectivity index (χ0n) is 16.5. The highest BCUT2D eigenvalue weighted by Gasteiger charge is 2.43. The van der Waals surface area contributed by atoms with Gasteiger partial charge in [0.15, 0.2) is 5.75 Å². The summed E-state index contributed by atoms with van der Waals surface area (Å²) in [6.07, 6.45) is 2.88. The van der Waals surface area contributed by atoms with Gasteiger partial charge in [-0.1, -0.05) is 24.2 Å². The van der Waals surface area contributed by atoms with Gasteiger partial charge in [0.05, 0.1) is 35.0 Å². The van der Waals surface area contributed by atoms with E-state index in [1.54, 1.807) is 23.2 Å². The van der Waals surface area contributed by atoms with Gasteiger partial charge in [-0.05, 0) is 36.4 Å². The number of pyridine rings is 1. The summed E-state index contributed by atoms with van der Waals surface area (Å²) in [5, 5.41) is 11.9. The Morgan fingerprint density at radius 1 is 1.32 bits per heavy atom. The van der Waals surface area contributed by atoms with Gasteiger partial charge in [0.1, 0.15) is 18.2 Å². The van der Waals surface area contributed by atoms with Crippen LogP contribution < -0.4 is 9.64 Å². The maximum absolute atomic E-state index is 15.0. The standard InChI is InChI=1S/C23H19ClFN3O3/c1-2-21(30)27-10-14-12-31-20-9-26-17-7-6-13(24)8-15(17)23(20)28(14)18(11-27)22-16(25)4-3-5-19(22)29/h2-9,14,18,29H,1,10-12H2/t14-,18?/m1/s1. The summed E-state index contributed by atoms with van der Waals surface area (Å²) in [4.78, 5) is 20.5. The molecule has 1 N–H and O–H groups in total. The number of hydrogen-bond acceptors (Lipinski definition) is 5. The Balaban J connectivity index is 1.74. The summed E-state index contributed by atoms with van der Waals surface area (Å²) < 4.78 is 21.0. The Hall–Kier alpha value is -3.32. The molecule has 2 aliphatic heterocycles. The number of phenolic OH excluding ortho intramolecular Hbond substituents is 1. The average Bonchev–Trinajstić information content (AvgIpc) is 2.77. The molecule has 0 aliphatic carbocycles. The summed E-state index contributed by atoms with van der Waals surface area (Å²) >= 11 is 6.27. The van der Waals surface area contributed by atoms with Crippen molar-refractivity contribution in [2.45, 2.75) is 12.1 Å². The number of aromatic nitrogens is 1. The number of piperazine rings is 1. The second kappa shape index (κ2) is 7.42. The van der Waals surface area contributed by atoms with Crippen LogP contribution in [0.1, 0.15) is 11.6 Å². The third-order valence-electron chi connectivity index (χ3n) is 5.86. The molecule has 3 heterocycles. The number of fused-ring (bicyclic) bond motifs is 5. The van der Waals surface area contributed by atoms with E-state index in [0.29, 0.717) is 22.8 Å². The van der Waals surface area contributed by atoms with E-state index in [-0.39, 0.29) is 36.4 Å². The van der Waals surface area contributed by atoms with Gasteiger partial charge in [-0.15, -0.1) is 0 Å². The number of carbonyl (C=O) groups is 1. The quantitative estimate of drug-likeness (QED) is 0.610. The summed E-state index contributed by atoms with van der Waals surface area (Å²) in [6, 6.07) is 8.67. The van der Waals surface area contributed by atoms with Gasteiger partial charge < -0.3 is 19.6 Å². The third kappa shape index (κ3) is 3.16. The van der Waals surface area contributed by atoms with Gasteiger partial charge in [-0.25, -0.2) is 4.39 Å². The second-order valence-corrected chi connectivity index (χ2v) is 8.08. The molecule has 1 aromatic heterocycles. The van der Waals surface area contributed by atoms with Gasteiger partial charge in [0.2, 0.25) is 5.91 Å². The van der Waals surface area contributed by atoms with Crippen LogP contribution in [0.5, 0.6) is 11.5 Å². The lowest BCUT2D eigenvalue weighted by molar-refractivity contribution is -0.127. The van der Waals surface area contributed by atoms with Crippen molar-refractivity contribution in [2.24, 2.45) is 0 Å². The zero-order chi connectivity index (χ0) is 21.7. The second-order valence-electron chi connectivity index (χ2n) is 7.64. The van der Waals surface area contributed by atoms with E-state index in [0.717, 1.165) is 11.1 Å². The number of ether oxygens (including phenoxy) is 1. The number of amides is 1. The Morgan fingerprint density at radius 2 is 2.16 bits per heavy atom. The molecule has 8 heteroatoms. The molecule has 1 amide bonds. The molecule has 0 bridgehead atoms. The minimum absolute atomic E-state index is 0.133. The van der Waals surface area contributed by atoms with Gasteiger partial charge >= 0.3 is 0 Å². The predicted octanol–water partition coefficient (Wildman–Crippen LogP) is 4.07. The maximum Gasteiger partial charge on any atom is 0.246 e. The van der Waals surface area contributed by atoms with Crippen LogP contribution in [0.3, 0.4) is 0 Å². The number of nitrogens with zero attached hydrogens (tertiary/aromatic N) is 3. The lowest BCUT2D eigenvalue weighted by atomic mass is 9.94. The average molecular weight is 440 g/mol. The summed E-state index contributed by atoms with van der Waals surface area (Å²) in [5.74, 6) is -0.411. The van der Waals surface area contributed by atoms with Crippen LogP contribution in [-0.4, -0.2) is 46.6 Å². The van der Waals surface area contributed by atoms with Crippen molar-refractivity contribution in [3.05, 3.63) is 71.7 Å². The van der Waals surface area contributed by atoms with Gasteiger partial charge in [-0.3, -0.25) is 9.78 Å². The van der Waals surface area contributed by atoms with Crippen LogP contribution in [0.4, 0.5) is 10.1 Å². The first-order valence-corrected chi connectivity index (χ1v) is 10.2. The summed E-state index contributed by atoms with van der Waals surface area (Å²) in [7, 11) is 0. The fourth-order valence-corrected chi connectivity index (χ4v) is 4.70. The number of hydrogen-bond donors (Lipinski definition) is 1. The number of anilines is 1. The van der Waals surface area contributed by atoms with E-state index < -0.39 is 11.9 Å². The molecule has 3 aromatic rings. The number of halogens is 2. The third-order valence-corrected chi connectivity index (χ3v) is 6.10. The first-order chi connectivity index (χ1) is 15.0. The number of carbonyl (C=O) groups excluding carboxylic acids is 1. The molecule has 5 rings (SSSR count). The monoisotopic (exact) mass is 439 g/mol. The number of phenols is 1. The Kier molecular flexibility index (Phi) is 4.70. The summed E-state index contributed by atoms with van der Waals surface area (Å²) in [5.41, 5.74) is 1.57. The van der Waals surface area contributed by atoms with Gasteiger partial charge in [0, 0.05) is 23.5 Å². The van der Waals surface area contributed by atoms with E-state index in [1.165, 1.54) is 24.3 Å². The van der Waals surface area contributed by atoms with Crippen molar-refractivity contribution in [3.63, 3.8) is 0 Å². The predicted molar refractivity (Wildman–Crippen MR) is 116 cm³/mol. The molecule has 0 saturated carbocycles. The SMILES string of the molecule is C=CC(=O)N1CC(c2c(O)cccc2F)N2c3c(cnc4ccc(Cl)cc34)OC[C@H]2C1. The van der Waals surface area contributed by atoms with Crippen molar-refractivity contribution < 1.29 is 19.0 Å². The van der Waals surface area contributed by atoms with Crippen LogP contribution in [0.25, 0.3) is 10.9 Å². The molecule has 1 unspecified atom stereocenters. The molecule has 2 aliphatic rings. The molecular formula is C23H19ClFN3O3. The molecule has 0 spiro atoms. The highest BCUT2D eigenvalue weighted by atomic mass is 35.5. The molecule has 6 nitrogen and oxygen atoms in total. The van der Waals surface area contributed by atoms with Crippen molar-refractivity contribution in [1.29, 1.82) is 0 Å². The lowest BCUT2D eigenvalue weighted by Gasteiger charge is -2.50. The number of rotatable bonds is 2. The summed E-state index contributed by atoms with van der Waals surface area (Å²) in [6.45, 7) is 4.42. The molecule has 2 aromatic carbocycles. The Bertz CT molecular complexity index is 1200. The van der Waals surface area contributed by atoms with Crippen molar-refractivity contribution in [1.82, 2.24) is 9.88 Å². The highest BCUT2D eigenvalue weighted by molar-refractivity contribution is 6.31. The fraction of sp³-hybridized carbons (Fsp3) is 0.217. The molecular weight excluding hydrogens is 421 g/mol. The molecule has 2 atom stereocenters.